The molecule has 1 fully saturated rings. The van der Waals surface area contributed by atoms with E-state index in [0.717, 1.165) is 17.4 Å². The highest BCUT2D eigenvalue weighted by molar-refractivity contribution is 7.90. The zero-order valence-corrected chi connectivity index (χ0v) is 11.8. The van der Waals surface area contributed by atoms with Crippen molar-refractivity contribution in [3.05, 3.63) is 29.8 Å². The third-order valence-electron chi connectivity index (χ3n) is 3.02. The van der Waals surface area contributed by atoms with Gasteiger partial charge in [0.25, 0.3) is 0 Å². The normalized spacial score (nSPS) is 20.4. The minimum absolute atomic E-state index is 0.151. The average Bonchev–Trinajstić information content (AvgIpc) is 2.72. The van der Waals surface area contributed by atoms with Crippen molar-refractivity contribution in [3.8, 4) is 0 Å². The second-order valence-corrected chi connectivity index (χ2v) is 6.72. The summed E-state index contributed by atoms with van der Waals surface area (Å²) < 4.78 is 30.7. The first-order chi connectivity index (χ1) is 8.84. The maximum atomic E-state index is 12.5. The Bertz CT molecular complexity index is 582. The molecule has 101 valence electrons. The Morgan fingerprint density at radius 2 is 1.84 bits per heavy atom. The lowest BCUT2D eigenvalue weighted by atomic mass is 10.0. The summed E-state index contributed by atoms with van der Waals surface area (Å²) in [6.07, 6.45) is 0. The van der Waals surface area contributed by atoms with E-state index in [2.05, 4.69) is 0 Å². The summed E-state index contributed by atoms with van der Waals surface area (Å²) in [7, 11) is -2.76. The monoisotopic (exact) mass is 280 g/mol. The highest BCUT2D eigenvalue weighted by Crippen LogP contribution is 2.25. The highest BCUT2D eigenvalue weighted by atomic mass is 32.2. The van der Waals surface area contributed by atoms with Gasteiger partial charge in [0.15, 0.2) is 0 Å². The molecule has 1 radical (unpaired) electrons. The van der Waals surface area contributed by atoms with Gasteiger partial charge < -0.3 is 4.65 Å². The molecule has 0 amide bonds. The number of hydrogen-bond acceptors (Lipinski definition) is 4. The smallest absolute Gasteiger partial charge is 0.498 e. The van der Waals surface area contributed by atoms with E-state index >= 15 is 0 Å². The van der Waals surface area contributed by atoms with E-state index in [1.165, 1.54) is 12.1 Å². The van der Waals surface area contributed by atoms with Gasteiger partial charge in [-0.1, -0.05) is 31.5 Å². The van der Waals surface area contributed by atoms with Crippen LogP contribution in [0.1, 0.15) is 19.4 Å². The molecule has 1 aromatic carbocycles. The zero-order chi connectivity index (χ0) is 14.2. The van der Waals surface area contributed by atoms with Crippen LogP contribution in [-0.2, 0) is 19.5 Å². The molecule has 0 N–H and O–H groups in total. The van der Waals surface area contributed by atoms with E-state index in [4.69, 9.17) is 4.65 Å². The lowest BCUT2D eigenvalue weighted by molar-refractivity contribution is -0.135. The van der Waals surface area contributed by atoms with Crippen molar-refractivity contribution in [2.75, 3.05) is 0 Å². The van der Waals surface area contributed by atoms with Crippen molar-refractivity contribution in [3.63, 3.8) is 0 Å². The number of aryl methyl sites for hydroxylation is 1. The lowest BCUT2D eigenvalue weighted by Crippen LogP contribution is -2.42. The molecular weight excluding hydrogens is 265 g/mol. The van der Waals surface area contributed by atoms with Gasteiger partial charge in [-0.2, -0.15) is 4.22 Å². The number of sulfonamides is 1. The summed E-state index contributed by atoms with van der Waals surface area (Å²) in [5.74, 6) is -0.697. The SMILES string of the molecule is Cc1ccc(S(=O)(=O)N2[B]OC(=O)[C@@H]2C(C)C)cc1. The molecule has 7 heteroatoms. The third-order valence-corrected chi connectivity index (χ3v) is 4.75. The van der Waals surface area contributed by atoms with Crippen LogP contribution in [0.15, 0.2) is 29.2 Å². The van der Waals surface area contributed by atoms with Gasteiger partial charge in [0, 0.05) is 0 Å². The summed E-state index contributed by atoms with van der Waals surface area (Å²) >= 11 is 0. The van der Waals surface area contributed by atoms with Crippen molar-refractivity contribution in [1.29, 1.82) is 0 Å². The minimum atomic E-state index is -3.75. The van der Waals surface area contributed by atoms with Crippen molar-refractivity contribution >= 4 is 23.6 Å². The Morgan fingerprint density at radius 3 is 2.37 bits per heavy atom. The van der Waals surface area contributed by atoms with Gasteiger partial charge in [-0.05, 0) is 25.0 Å². The second kappa shape index (κ2) is 4.98. The Morgan fingerprint density at radius 1 is 1.26 bits per heavy atom. The maximum absolute atomic E-state index is 12.5. The van der Waals surface area contributed by atoms with E-state index in [9.17, 15) is 13.2 Å². The molecule has 1 saturated heterocycles. The molecule has 0 unspecified atom stereocenters. The van der Waals surface area contributed by atoms with Gasteiger partial charge in [-0.15, -0.1) is 0 Å². The molecule has 1 aliphatic heterocycles. The Hall–Kier alpha value is -1.34. The predicted molar refractivity (Wildman–Crippen MR) is 70.7 cm³/mol. The van der Waals surface area contributed by atoms with Crippen LogP contribution in [0.25, 0.3) is 0 Å². The summed E-state index contributed by atoms with van der Waals surface area (Å²) in [6, 6.07) is 5.69. The Labute approximate surface area is 113 Å². The summed E-state index contributed by atoms with van der Waals surface area (Å²) in [5, 5.41) is 0. The fourth-order valence-corrected chi connectivity index (χ4v) is 3.46. The van der Waals surface area contributed by atoms with Gasteiger partial charge in [-0.25, -0.2) is 8.42 Å². The van der Waals surface area contributed by atoms with Gasteiger partial charge in [0.05, 0.1) is 4.90 Å². The molecule has 0 bridgehead atoms. The fourth-order valence-electron chi connectivity index (χ4n) is 1.95. The molecule has 0 aliphatic carbocycles. The molecule has 1 heterocycles. The van der Waals surface area contributed by atoms with Crippen LogP contribution >= 0.6 is 0 Å². The van der Waals surface area contributed by atoms with E-state index in [-0.39, 0.29) is 10.8 Å². The minimum Gasteiger partial charge on any atom is -0.520 e. The molecule has 1 aliphatic rings. The first-order valence-corrected chi connectivity index (χ1v) is 7.42. The molecular formula is C12H15BNO4S. The first kappa shape index (κ1) is 14.1. The third kappa shape index (κ3) is 2.53. The largest absolute Gasteiger partial charge is 0.520 e. The van der Waals surface area contributed by atoms with E-state index < -0.39 is 22.0 Å². The van der Waals surface area contributed by atoms with Crippen LogP contribution < -0.4 is 0 Å². The lowest BCUT2D eigenvalue weighted by Gasteiger charge is -2.22. The van der Waals surface area contributed by atoms with E-state index in [0.29, 0.717) is 0 Å². The van der Waals surface area contributed by atoms with Crippen molar-refractivity contribution < 1.29 is 17.9 Å². The highest BCUT2D eigenvalue weighted by Gasteiger charge is 2.45. The van der Waals surface area contributed by atoms with Gasteiger partial charge in [0.1, 0.15) is 6.04 Å². The molecule has 19 heavy (non-hydrogen) atoms. The summed E-state index contributed by atoms with van der Waals surface area (Å²) in [6.45, 7) is 5.44. The number of nitrogens with zero attached hydrogens (tertiary/aromatic N) is 1. The molecule has 0 spiro atoms. The van der Waals surface area contributed by atoms with Crippen molar-refractivity contribution in [1.82, 2.24) is 4.22 Å². The van der Waals surface area contributed by atoms with Gasteiger partial charge in [0.2, 0.25) is 10.0 Å². The number of benzene rings is 1. The second-order valence-electron chi connectivity index (χ2n) is 4.88. The Kier molecular flexibility index (Phi) is 3.69. The van der Waals surface area contributed by atoms with Gasteiger partial charge >= 0.3 is 13.6 Å². The van der Waals surface area contributed by atoms with Crippen LogP contribution in [0.5, 0.6) is 0 Å². The van der Waals surface area contributed by atoms with Crippen LogP contribution in [0.4, 0.5) is 0 Å². The first-order valence-electron chi connectivity index (χ1n) is 5.98. The molecule has 0 saturated carbocycles. The van der Waals surface area contributed by atoms with Crippen LogP contribution in [0, 0.1) is 12.8 Å². The fraction of sp³-hybridized carbons (Fsp3) is 0.417. The standard InChI is InChI=1S/C12H15BNO4S/c1-8(2)11-12(15)18-13-14(11)19(16,17)10-6-4-9(3)5-7-10/h4-8,11H,1-3H3/t11-/m0/s1. The zero-order valence-electron chi connectivity index (χ0n) is 11.0. The number of carbonyl (C=O) groups excluding carboxylic acids is 1. The molecule has 1 atom stereocenters. The number of carbonyl (C=O) groups is 1. The number of rotatable bonds is 3. The van der Waals surface area contributed by atoms with Crippen molar-refractivity contribution in [2.24, 2.45) is 5.92 Å². The van der Waals surface area contributed by atoms with Crippen LogP contribution in [0.3, 0.4) is 0 Å². The van der Waals surface area contributed by atoms with Crippen LogP contribution in [-0.4, -0.2) is 32.3 Å². The summed E-state index contributed by atoms with van der Waals surface area (Å²) in [4.78, 5) is 11.7. The van der Waals surface area contributed by atoms with Crippen LogP contribution in [0.2, 0.25) is 0 Å². The number of hydrogen-bond donors (Lipinski definition) is 0. The predicted octanol–water partition coefficient (Wildman–Crippen LogP) is 1.10. The molecule has 0 aromatic heterocycles. The van der Waals surface area contributed by atoms with E-state index in [1.54, 1.807) is 26.0 Å². The topological polar surface area (TPSA) is 63.7 Å². The molecule has 2 rings (SSSR count). The molecule has 1 aromatic rings. The van der Waals surface area contributed by atoms with Crippen molar-refractivity contribution in [2.45, 2.75) is 31.7 Å². The molecule has 5 nitrogen and oxygen atoms in total. The van der Waals surface area contributed by atoms with E-state index in [1.807, 2.05) is 6.92 Å². The average molecular weight is 280 g/mol. The van der Waals surface area contributed by atoms with Gasteiger partial charge in [-0.3, -0.25) is 4.79 Å². The maximum Gasteiger partial charge on any atom is 0.498 e. The summed E-state index contributed by atoms with van der Waals surface area (Å²) in [5.41, 5.74) is 0.970. The Balaban J connectivity index is 2.39. The quantitative estimate of drug-likeness (QED) is 0.778.